The zero-order valence-corrected chi connectivity index (χ0v) is 11.6. The van der Waals surface area contributed by atoms with Gasteiger partial charge in [0.15, 0.2) is 6.04 Å². The molecule has 2 unspecified atom stereocenters. The predicted molar refractivity (Wildman–Crippen MR) is 72.4 cm³/mol. The monoisotopic (exact) mass is 301 g/mol. The Hall–Kier alpha value is -1.26. The van der Waals surface area contributed by atoms with E-state index in [1.807, 2.05) is 0 Å². The van der Waals surface area contributed by atoms with E-state index < -0.39 is 12.0 Å². The largest absolute Gasteiger partial charge is 0.479 e. The first-order chi connectivity index (χ1) is 9.02. The highest BCUT2D eigenvalue weighted by molar-refractivity contribution is 6.30. The number of halogens is 2. The maximum atomic E-state index is 11.9. The molecule has 19 heavy (non-hydrogen) atoms. The molecule has 0 saturated carbocycles. The first kappa shape index (κ1) is 14.2. The molecule has 0 bridgehead atoms. The number of nitrogens with zero attached hydrogens (tertiary/aromatic N) is 1. The van der Waals surface area contributed by atoms with Gasteiger partial charge in [-0.05, 0) is 23.6 Å². The van der Waals surface area contributed by atoms with Gasteiger partial charge in [-0.3, -0.25) is 4.79 Å². The van der Waals surface area contributed by atoms with Gasteiger partial charge < -0.3 is 10.0 Å². The molecule has 6 heteroatoms. The molecule has 1 aromatic carbocycles. The van der Waals surface area contributed by atoms with E-state index in [-0.39, 0.29) is 11.8 Å². The highest BCUT2D eigenvalue weighted by atomic mass is 35.5. The second-order valence-electron chi connectivity index (χ2n) is 4.57. The van der Waals surface area contributed by atoms with Crippen molar-refractivity contribution in [2.75, 3.05) is 12.4 Å². The molecule has 0 spiro atoms. The van der Waals surface area contributed by atoms with Crippen LogP contribution in [-0.4, -0.2) is 34.3 Å². The average Bonchev–Trinajstić information content (AvgIpc) is 2.71. The summed E-state index contributed by atoms with van der Waals surface area (Å²) >= 11 is 11.6. The molecule has 2 atom stereocenters. The van der Waals surface area contributed by atoms with Crippen LogP contribution >= 0.6 is 23.2 Å². The molecule has 0 radical (unpaired) electrons. The Balaban J connectivity index is 2.31. The maximum absolute atomic E-state index is 11.9. The molecule has 102 valence electrons. The summed E-state index contributed by atoms with van der Waals surface area (Å²) in [7, 11) is 0. The van der Waals surface area contributed by atoms with Gasteiger partial charge in [0.2, 0.25) is 5.91 Å². The minimum absolute atomic E-state index is 0.00945. The first-order valence-electron chi connectivity index (χ1n) is 5.86. The van der Waals surface area contributed by atoms with E-state index in [9.17, 15) is 14.7 Å². The molecule has 0 aliphatic carbocycles. The quantitative estimate of drug-likeness (QED) is 0.870. The average molecular weight is 302 g/mol. The van der Waals surface area contributed by atoms with Crippen molar-refractivity contribution >= 4 is 35.1 Å². The summed E-state index contributed by atoms with van der Waals surface area (Å²) in [5.74, 6) is -0.886. The Morgan fingerprint density at radius 3 is 2.79 bits per heavy atom. The molecule has 1 amide bonds. The van der Waals surface area contributed by atoms with Crippen molar-refractivity contribution < 1.29 is 14.7 Å². The number of rotatable bonds is 4. The summed E-state index contributed by atoms with van der Waals surface area (Å²) in [6.07, 6.45) is 0.299. The number of carboxylic acids is 1. The molecule has 1 N–H and O–H groups in total. The lowest BCUT2D eigenvalue weighted by Gasteiger charge is -2.25. The van der Waals surface area contributed by atoms with Crippen molar-refractivity contribution in [1.29, 1.82) is 0 Å². The summed E-state index contributed by atoms with van der Waals surface area (Å²) in [5.41, 5.74) is 0.503. The molecule has 2 rings (SSSR count). The lowest BCUT2D eigenvalue weighted by molar-refractivity contribution is -0.148. The fourth-order valence-electron chi connectivity index (χ4n) is 2.29. The predicted octanol–water partition coefficient (Wildman–Crippen LogP) is 2.55. The number of carboxylic acid groups (broad SMARTS) is 1. The molecule has 4 nitrogen and oxygen atoms in total. The van der Waals surface area contributed by atoms with Crippen molar-refractivity contribution in [2.45, 2.75) is 12.5 Å². The number of hydrogen-bond acceptors (Lipinski definition) is 2. The van der Waals surface area contributed by atoms with Crippen molar-refractivity contribution in [2.24, 2.45) is 5.92 Å². The summed E-state index contributed by atoms with van der Waals surface area (Å²) in [5, 5.41) is 9.83. The van der Waals surface area contributed by atoms with Gasteiger partial charge >= 0.3 is 5.97 Å². The fourth-order valence-corrected chi connectivity index (χ4v) is 2.70. The van der Waals surface area contributed by atoms with E-state index in [2.05, 4.69) is 0 Å². The zero-order chi connectivity index (χ0) is 14.0. The van der Waals surface area contributed by atoms with E-state index in [4.69, 9.17) is 23.2 Å². The van der Waals surface area contributed by atoms with Crippen molar-refractivity contribution in [3.63, 3.8) is 0 Å². The van der Waals surface area contributed by atoms with Crippen molar-refractivity contribution in [3.05, 3.63) is 34.9 Å². The number of likely N-dealkylation sites (tertiary alicyclic amines) is 1. The van der Waals surface area contributed by atoms with Crippen LogP contribution in [0.3, 0.4) is 0 Å². The fraction of sp³-hybridized carbons (Fsp3) is 0.385. The van der Waals surface area contributed by atoms with Crippen LogP contribution in [0, 0.1) is 5.92 Å². The zero-order valence-electron chi connectivity index (χ0n) is 10.1. The summed E-state index contributed by atoms with van der Waals surface area (Å²) in [6.45, 7) is 0.367. The van der Waals surface area contributed by atoms with Crippen LogP contribution < -0.4 is 0 Å². The van der Waals surface area contributed by atoms with E-state index in [1.54, 1.807) is 24.3 Å². The third kappa shape index (κ3) is 3.01. The number of carbonyl (C=O) groups is 2. The third-order valence-corrected chi connectivity index (χ3v) is 3.84. The first-order valence-corrected chi connectivity index (χ1v) is 6.78. The van der Waals surface area contributed by atoms with Crippen LogP contribution in [0.4, 0.5) is 0 Å². The van der Waals surface area contributed by atoms with Gasteiger partial charge in [-0.25, -0.2) is 4.79 Å². The molecule has 1 aliphatic rings. The van der Waals surface area contributed by atoms with E-state index >= 15 is 0 Å². The number of amides is 1. The van der Waals surface area contributed by atoms with E-state index in [0.29, 0.717) is 29.4 Å². The van der Waals surface area contributed by atoms with Crippen molar-refractivity contribution in [3.8, 4) is 0 Å². The van der Waals surface area contributed by atoms with Crippen LogP contribution in [0.15, 0.2) is 24.3 Å². The molecule has 1 saturated heterocycles. The van der Waals surface area contributed by atoms with Gasteiger partial charge in [0, 0.05) is 23.9 Å². The van der Waals surface area contributed by atoms with Crippen LogP contribution in [0.2, 0.25) is 5.02 Å². The van der Waals surface area contributed by atoms with E-state index in [0.717, 1.165) is 0 Å². The minimum atomic E-state index is -1.06. The number of benzene rings is 1. The third-order valence-electron chi connectivity index (χ3n) is 3.17. The Bertz CT molecular complexity index is 506. The van der Waals surface area contributed by atoms with Gasteiger partial charge in [-0.15, -0.1) is 11.6 Å². The van der Waals surface area contributed by atoms with Crippen LogP contribution in [0.5, 0.6) is 0 Å². The topological polar surface area (TPSA) is 57.6 Å². The normalized spacial score (nSPS) is 20.6. The molecule has 0 aromatic heterocycles. The van der Waals surface area contributed by atoms with Gasteiger partial charge in [0.05, 0.1) is 0 Å². The Morgan fingerprint density at radius 1 is 1.53 bits per heavy atom. The number of hydrogen-bond donors (Lipinski definition) is 1. The molecule has 1 aliphatic heterocycles. The Morgan fingerprint density at radius 2 is 2.26 bits per heavy atom. The molecule has 1 aromatic rings. The Labute approximate surface area is 120 Å². The van der Waals surface area contributed by atoms with Gasteiger partial charge in [0.1, 0.15) is 0 Å². The second-order valence-corrected chi connectivity index (χ2v) is 5.31. The highest BCUT2D eigenvalue weighted by Gasteiger charge is 2.38. The summed E-state index contributed by atoms with van der Waals surface area (Å²) < 4.78 is 0. The lowest BCUT2D eigenvalue weighted by Crippen LogP contribution is -2.35. The Kier molecular flexibility index (Phi) is 4.32. The minimum Gasteiger partial charge on any atom is -0.479 e. The van der Waals surface area contributed by atoms with Crippen LogP contribution in [0.25, 0.3) is 0 Å². The highest BCUT2D eigenvalue weighted by Crippen LogP contribution is 2.30. The smallest absolute Gasteiger partial charge is 0.331 e. The molecule has 1 fully saturated rings. The van der Waals surface area contributed by atoms with Gasteiger partial charge in [0.25, 0.3) is 0 Å². The van der Waals surface area contributed by atoms with E-state index in [1.165, 1.54) is 4.90 Å². The number of aliphatic carboxylic acids is 1. The van der Waals surface area contributed by atoms with Crippen LogP contribution in [-0.2, 0) is 9.59 Å². The summed E-state index contributed by atoms with van der Waals surface area (Å²) in [4.78, 5) is 24.7. The molecular formula is C13H13Cl2NO3. The second kappa shape index (κ2) is 5.80. The number of carbonyl (C=O) groups excluding carboxylic acids is 1. The number of alkyl halides is 1. The molecule has 1 heterocycles. The van der Waals surface area contributed by atoms with Crippen molar-refractivity contribution in [1.82, 2.24) is 4.90 Å². The SMILES string of the molecule is O=C(O)C(c1cccc(Cl)c1)N1CC(CCl)CC1=O. The van der Waals surface area contributed by atoms with Crippen LogP contribution in [0.1, 0.15) is 18.0 Å². The lowest BCUT2D eigenvalue weighted by atomic mass is 10.1. The summed E-state index contributed by atoms with van der Waals surface area (Å²) in [6, 6.07) is 5.57. The molecular weight excluding hydrogens is 289 g/mol. The van der Waals surface area contributed by atoms with Gasteiger partial charge in [-0.2, -0.15) is 0 Å². The maximum Gasteiger partial charge on any atom is 0.331 e. The van der Waals surface area contributed by atoms with Gasteiger partial charge in [-0.1, -0.05) is 23.7 Å². The standard InChI is InChI=1S/C13H13Cl2NO3/c14-6-8-4-11(17)16(7-8)12(13(18)19)9-2-1-3-10(15)5-9/h1-3,5,8,12H,4,6-7H2,(H,18,19).